The molecule has 13 heteroatoms. The molecule has 1 amide bonds. The lowest BCUT2D eigenvalue weighted by atomic mass is 10.0. The van der Waals surface area contributed by atoms with E-state index in [1.165, 1.54) is 25.1 Å². The van der Waals surface area contributed by atoms with Gasteiger partial charge < -0.3 is 0 Å². The van der Waals surface area contributed by atoms with Gasteiger partial charge in [0.05, 0.1) is 36.6 Å². The van der Waals surface area contributed by atoms with Gasteiger partial charge >= 0.3 is 0 Å². The third-order valence-electron chi connectivity index (χ3n) is 4.03. The van der Waals surface area contributed by atoms with Gasteiger partial charge in [-0.15, -0.1) is 0 Å². The molecule has 0 bridgehead atoms. The Morgan fingerprint density at radius 1 is 1.14 bits per heavy atom. The van der Waals surface area contributed by atoms with Crippen molar-refractivity contribution >= 4 is 53.8 Å². The van der Waals surface area contributed by atoms with Crippen LogP contribution in [0, 0.1) is 27.2 Å². The first kappa shape index (κ1) is 20.3. The molecule has 150 valence electrons. The Labute approximate surface area is 167 Å². The topological polar surface area (TPSA) is 162 Å². The zero-order valence-corrected chi connectivity index (χ0v) is 16.5. The Hall–Kier alpha value is -3.45. The van der Waals surface area contributed by atoms with Gasteiger partial charge in [0.1, 0.15) is 0 Å². The lowest BCUT2D eigenvalue weighted by molar-refractivity contribution is -0.394. The number of carbonyl (C=O) groups excluding carboxylic acids is 1. The van der Waals surface area contributed by atoms with E-state index in [1.807, 2.05) is 0 Å². The Bertz CT molecular complexity index is 1300. The smallest absolute Gasteiger partial charge is 0.279 e. The molecular weight excluding hydrogens is 424 g/mol. The summed E-state index contributed by atoms with van der Waals surface area (Å²) >= 11 is 1.00. The molecule has 0 aliphatic heterocycles. The van der Waals surface area contributed by atoms with E-state index >= 15 is 0 Å². The van der Waals surface area contributed by atoms with E-state index in [0.29, 0.717) is 10.2 Å². The number of nitrogens with one attached hydrogen (secondary N) is 1. The number of amides is 1. The van der Waals surface area contributed by atoms with Crippen LogP contribution in [-0.4, -0.2) is 35.4 Å². The molecule has 0 atom stereocenters. The number of aromatic nitrogens is 1. The first-order valence-electron chi connectivity index (χ1n) is 7.83. The molecule has 0 aliphatic rings. The van der Waals surface area contributed by atoms with Gasteiger partial charge in [-0.3, -0.25) is 30.3 Å². The first-order valence-corrected chi connectivity index (χ1v) is 10.5. The molecule has 11 nitrogen and oxygen atoms in total. The normalized spacial score (nSPS) is 11.4. The largest absolute Gasteiger partial charge is 0.298 e. The van der Waals surface area contributed by atoms with Crippen LogP contribution < -0.4 is 5.32 Å². The Morgan fingerprint density at radius 3 is 2.41 bits per heavy atom. The molecule has 1 aromatic heterocycles. The maximum atomic E-state index is 12.6. The lowest BCUT2D eigenvalue weighted by Gasteiger charge is -2.06. The Morgan fingerprint density at radius 2 is 1.83 bits per heavy atom. The summed E-state index contributed by atoms with van der Waals surface area (Å²) in [6.45, 7) is 1.31. The Balaban J connectivity index is 2.00. The number of anilines is 1. The van der Waals surface area contributed by atoms with Crippen molar-refractivity contribution in [1.29, 1.82) is 0 Å². The summed E-state index contributed by atoms with van der Waals surface area (Å²) in [6, 6.07) is 6.03. The second-order valence-corrected chi connectivity index (χ2v) is 9.07. The van der Waals surface area contributed by atoms with Crippen molar-refractivity contribution in [3.05, 3.63) is 61.7 Å². The minimum atomic E-state index is -3.42. The fraction of sp³-hybridized carbons (Fsp3) is 0.125. The summed E-state index contributed by atoms with van der Waals surface area (Å²) in [5.74, 6) is -0.809. The highest BCUT2D eigenvalue weighted by Gasteiger charge is 2.25. The number of fused-ring (bicyclic) bond motifs is 1. The predicted octanol–water partition coefficient (Wildman–Crippen LogP) is 3.08. The van der Waals surface area contributed by atoms with Crippen molar-refractivity contribution in [1.82, 2.24) is 4.98 Å². The van der Waals surface area contributed by atoms with Crippen LogP contribution in [0.15, 0.2) is 35.2 Å². The molecule has 3 rings (SSSR count). The summed E-state index contributed by atoms with van der Waals surface area (Å²) in [5.41, 5.74) is -0.957. The number of nitrogens with zero attached hydrogens (tertiary/aromatic N) is 3. The molecule has 0 radical (unpaired) electrons. The molecule has 1 heterocycles. The molecule has 0 fully saturated rings. The molecule has 29 heavy (non-hydrogen) atoms. The van der Waals surface area contributed by atoms with Crippen LogP contribution in [-0.2, 0) is 9.84 Å². The molecule has 2 aromatic carbocycles. The zero-order valence-electron chi connectivity index (χ0n) is 14.9. The van der Waals surface area contributed by atoms with Crippen LogP contribution in [0.2, 0.25) is 0 Å². The van der Waals surface area contributed by atoms with Gasteiger partial charge in [0, 0.05) is 17.9 Å². The monoisotopic (exact) mass is 436 g/mol. The number of non-ortho nitro benzene ring substituents is 1. The Kier molecular flexibility index (Phi) is 5.02. The number of nitro benzene ring substituents is 2. The highest BCUT2D eigenvalue weighted by Crippen LogP contribution is 2.31. The van der Waals surface area contributed by atoms with Crippen LogP contribution >= 0.6 is 11.3 Å². The van der Waals surface area contributed by atoms with Crippen molar-refractivity contribution in [2.45, 2.75) is 11.8 Å². The first-order chi connectivity index (χ1) is 13.5. The van der Waals surface area contributed by atoms with Crippen molar-refractivity contribution in [3.8, 4) is 0 Å². The average Bonchev–Trinajstić information content (AvgIpc) is 3.01. The maximum Gasteiger partial charge on any atom is 0.279 e. The van der Waals surface area contributed by atoms with E-state index in [9.17, 15) is 33.4 Å². The van der Waals surface area contributed by atoms with Gasteiger partial charge in [-0.25, -0.2) is 13.4 Å². The minimum Gasteiger partial charge on any atom is -0.298 e. The maximum absolute atomic E-state index is 12.6. The SMILES string of the molecule is Cc1c(C(=O)Nc2nc3ccc(S(C)(=O)=O)cc3s2)cc([N+](=O)[O-])cc1[N+](=O)[O-]. The molecule has 0 aliphatic carbocycles. The lowest BCUT2D eigenvalue weighted by Crippen LogP contribution is -2.14. The second-order valence-electron chi connectivity index (χ2n) is 6.03. The van der Waals surface area contributed by atoms with Crippen LogP contribution in [0.1, 0.15) is 15.9 Å². The average molecular weight is 436 g/mol. The van der Waals surface area contributed by atoms with E-state index in [-0.39, 0.29) is 21.2 Å². The van der Waals surface area contributed by atoms with Crippen LogP contribution in [0.5, 0.6) is 0 Å². The molecule has 1 N–H and O–H groups in total. The van der Waals surface area contributed by atoms with Crippen molar-refractivity contribution in [3.63, 3.8) is 0 Å². The third-order valence-corrected chi connectivity index (χ3v) is 6.07. The number of carbonyl (C=O) groups is 1. The van der Waals surface area contributed by atoms with Gasteiger partial charge in [-0.2, -0.15) is 0 Å². The minimum absolute atomic E-state index is 0.0291. The van der Waals surface area contributed by atoms with Gasteiger partial charge in [-0.05, 0) is 25.1 Å². The van der Waals surface area contributed by atoms with Gasteiger partial charge in [0.15, 0.2) is 15.0 Å². The highest BCUT2D eigenvalue weighted by atomic mass is 32.2. The standard InChI is InChI=1S/C16H12N4O7S2/c1-8-11(5-9(19(22)23)6-13(8)20(24)25)15(21)18-16-17-12-4-3-10(29(2,26)27)7-14(12)28-16/h3-7H,1-2H3,(H,17,18,21). The summed E-state index contributed by atoms with van der Waals surface area (Å²) < 4.78 is 23.8. The number of sulfone groups is 1. The summed E-state index contributed by atoms with van der Waals surface area (Å²) in [7, 11) is -3.42. The molecule has 0 unspecified atom stereocenters. The van der Waals surface area contributed by atoms with E-state index in [1.54, 1.807) is 0 Å². The summed E-state index contributed by atoms with van der Waals surface area (Å²) in [4.78, 5) is 37.4. The molecule has 3 aromatic rings. The van der Waals surface area contributed by atoms with Crippen LogP contribution in [0.25, 0.3) is 10.2 Å². The van der Waals surface area contributed by atoms with Gasteiger partial charge in [0.25, 0.3) is 17.3 Å². The number of thiazole rings is 1. The van der Waals surface area contributed by atoms with Crippen LogP contribution in [0.3, 0.4) is 0 Å². The van der Waals surface area contributed by atoms with E-state index < -0.39 is 37.0 Å². The second kappa shape index (κ2) is 7.18. The molecular formula is C16H12N4O7S2. The van der Waals surface area contributed by atoms with Gasteiger partial charge in [0.2, 0.25) is 0 Å². The predicted molar refractivity (Wildman–Crippen MR) is 105 cm³/mol. The highest BCUT2D eigenvalue weighted by molar-refractivity contribution is 7.90. The van der Waals surface area contributed by atoms with Crippen molar-refractivity contribution in [2.24, 2.45) is 0 Å². The number of rotatable bonds is 5. The number of hydrogen-bond acceptors (Lipinski definition) is 9. The molecule has 0 saturated carbocycles. The number of nitro groups is 2. The quantitative estimate of drug-likeness (QED) is 0.471. The fourth-order valence-corrected chi connectivity index (χ4v) is 4.19. The molecule has 0 saturated heterocycles. The third kappa shape index (κ3) is 4.05. The molecule has 0 spiro atoms. The fourth-order valence-electron chi connectivity index (χ4n) is 2.57. The van der Waals surface area contributed by atoms with E-state index in [2.05, 4.69) is 10.3 Å². The van der Waals surface area contributed by atoms with Crippen molar-refractivity contribution < 1.29 is 23.1 Å². The van der Waals surface area contributed by atoms with E-state index in [0.717, 1.165) is 29.7 Å². The van der Waals surface area contributed by atoms with Gasteiger partial charge in [-0.1, -0.05) is 11.3 Å². The summed E-state index contributed by atoms with van der Waals surface area (Å²) in [6.07, 6.45) is 1.07. The summed E-state index contributed by atoms with van der Waals surface area (Å²) in [5, 5.41) is 24.8. The van der Waals surface area contributed by atoms with E-state index in [4.69, 9.17) is 0 Å². The number of hydrogen-bond donors (Lipinski definition) is 1. The van der Waals surface area contributed by atoms with Crippen LogP contribution in [0.4, 0.5) is 16.5 Å². The zero-order chi connectivity index (χ0) is 21.5. The van der Waals surface area contributed by atoms with Crippen molar-refractivity contribution in [2.75, 3.05) is 11.6 Å². The number of benzene rings is 2.